The van der Waals surface area contributed by atoms with Crippen molar-refractivity contribution in [3.8, 4) is 0 Å². The third kappa shape index (κ3) is 6.95. The fourth-order valence-corrected chi connectivity index (χ4v) is 2.40. The van der Waals surface area contributed by atoms with Crippen LogP contribution in [-0.4, -0.2) is 48.0 Å². The van der Waals surface area contributed by atoms with E-state index in [9.17, 15) is 4.79 Å². The molecule has 1 amide bonds. The molecule has 0 atom stereocenters. The number of amides is 1. The van der Waals surface area contributed by atoms with Crippen molar-refractivity contribution in [2.45, 2.75) is 33.2 Å². The molecule has 7 heteroatoms. The van der Waals surface area contributed by atoms with Crippen LogP contribution in [0.25, 0.3) is 0 Å². The number of aryl methyl sites for hydroxylation is 1. The number of hydrogen-bond donors (Lipinski definition) is 2. The normalized spacial score (nSPS) is 11.4. The van der Waals surface area contributed by atoms with Gasteiger partial charge >= 0.3 is 0 Å². The number of carbonyl (C=O) groups is 1. The molecule has 1 aromatic rings. The van der Waals surface area contributed by atoms with Gasteiger partial charge in [-0.25, -0.2) is 0 Å². The Kier molecular flexibility index (Phi) is 8.55. The van der Waals surface area contributed by atoms with Crippen LogP contribution in [0.2, 0.25) is 5.02 Å². The summed E-state index contributed by atoms with van der Waals surface area (Å²) in [5.41, 5.74) is 1.10. The maximum absolute atomic E-state index is 11.6. The molecule has 130 valence electrons. The van der Waals surface area contributed by atoms with Gasteiger partial charge in [0.25, 0.3) is 0 Å². The molecule has 0 radical (unpaired) electrons. The number of hydrogen-bond acceptors (Lipinski definition) is 2. The summed E-state index contributed by atoms with van der Waals surface area (Å²) in [4.78, 5) is 18.2. The highest BCUT2D eigenvalue weighted by molar-refractivity contribution is 6.30. The first-order valence-corrected chi connectivity index (χ1v) is 8.42. The zero-order chi connectivity index (χ0) is 17.2. The van der Waals surface area contributed by atoms with Crippen LogP contribution in [0, 0.1) is 0 Å². The lowest BCUT2D eigenvalue weighted by Crippen LogP contribution is -2.39. The van der Waals surface area contributed by atoms with Crippen molar-refractivity contribution in [2.24, 2.45) is 12.0 Å². The minimum absolute atomic E-state index is 0.0447. The summed E-state index contributed by atoms with van der Waals surface area (Å²) in [6.45, 7) is 6.71. The minimum atomic E-state index is 0.0447. The van der Waals surface area contributed by atoms with Gasteiger partial charge in [-0.1, -0.05) is 18.5 Å². The van der Waals surface area contributed by atoms with Gasteiger partial charge in [-0.3, -0.25) is 9.79 Å². The largest absolute Gasteiger partial charge is 0.357 e. The summed E-state index contributed by atoms with van der Waals surface area (Å²) in [6.07, 6.45) is 3.23. The van der Waals surface area contributed by atoms with Gasteiger partial charge in [0, 0.05) is 45.5 Å². The molecule has 1 aromatic heterocycles. The Balaban J connectivity index is 2.59. The Bertz CT molecular complexity index is 527. The number of halogens is 1. The van der Waals surface area contributed by atoms with Gasteiger partial charge in [-0.05, 0) is 19.4 Å². The van der Waals surface area contributed by atoms with Gasteiger partial charge < -0.3 is 20.1 Å². The van der Waals surface area contributed by atoms with Gasteiger partial charge in [-0.15, -0.1) is 0 Å². The zero-order valence-corrected chi connectivity index (χ0v) is 15.3. The molecule has 23 heavy (non-hydrogen) atoms. The molecule has 0 bridgehead atoms. The lowest BCUT2D eigenvalue weighted by molar-refractivity contribution is -0.120. The van der Waals surface area contributed by atoms with Crippen LogP contribution in [0.4, 0.5) is 0 Å². The molecule has 0 aliphatic heterocycles. The van der Waals surface area contributed by atoms with Crippen LogP contribution in [0.15, 0.2) is 17.3 Å². The van der Waals surface area contributed by atoms with Crippen LogP contribution < -0.4 is 10.6 Å². The maximum atomic E-state index is 11.6. The second-order valence-electron chi connectivity index (χ2n) is 5.45. The first-order valence-electron chi connectivity index (χ1n) is 8.04. The Morgan fingerprint density at radius 3 is 2.70 bits per heavy atom. The second-order valence-corrected chi connectivity index (χ2v) is 5.89. The van der Waals surface area contributed by atoms with Gasteiger partial charge in [-0.2, -0.15) is 0 Å². The molecule has 0 aliphatic carbocycles. The number of rotatable bonds is 8. The SMILES string of the molecule is CCCNC(=O)CCN=C(NCC)N(C)Cc1cc(Cl)cn1C. The standard InChI is InChI=1S/C16H28ClN5O/c1-5-8-19-15(23)7-9-20-16(18-6-2)22(4)12-14-10-13(17)11-21(14)3/h10-11H,5-9,12H2,1-4H3,(H,18,20)(H,19,23). The van der Waals surface area contributed by atoms with Crippen LogP contribution in [0.5, 0.6) is 0 Å². The summed E-state index contributed by atoms with van der Waals surface area (Å²) < 4.78 is 2.00. The molecular formula is C16H28ClN5O. The van der Waals surface area contributed by atoms with E-state index in [1.807, 2.05) is 49.7 Å². The minimum Gasteiger partial charge on any atom is -0.357 e. The molecule has 2 N–H and O–H groups in total. The van der Waals surface area contributed by atoms with Gasteiger partial charge in [0.2, 0.25) is 5.91 Å². The second kappa shape index (κ2) is 10.2. The lowest BCUT2D eigenvalue weighted by atomic mass is 10.4. The van der Waals surface area contributed by atoms with Crippen molar-refractivity contribution in [2.75, 3.05) is 26.7 Å². The molecule has 0 aliphatic rings. The molecule has 0 saturated heterocycles. The van der Waals surface area contributed by atoms with Crippen LogP contribution >= 0.6 is 11.6 Å². The predicted octanol–water partition coefficient (Wildman–Crippen LogP) is 1.99. The van der Waals surface area contributed by atoms with Crippen LogP contribution in [0.1, 0.15) is 32.4 Å². The number of carbonyl (C=O) groups excluding carboxylic acids is 1. The molecule has 0 spiro atoms. The number of nitrogens with one attached hydrogen (secondary N) is 2. The van der Waals surface area contributed by atoms with E-state index in [1.165, 1.54) is 0 Å². The van der Waals surface area contributed by atoms with E-state index in [4.69, 9.17) is 11.6 Å². The third-order valence-electron chi connectivity index (χ3n) is 3.34. The molecule has 6 nitrogen and oxygen atoms in total. The summed E-state index contributed by atoms with van der Waals surface area (Å²) >= 11 is 6.02. The first-order chi connectivity index (χ1) is 11.0. The number of guanidine groups is 1. The van der Waals surface area contributed by atoms with Crippen molar-refractivity contribution in [3.05, 3.63) is 23.0 Å². The average molecular weight is 342 g/mol. The molecular weight excluding hydrogens is 314 g/mol. The van der Waals surface area contributed by atoms with E-state index in [0.717, 1.165) is 36.2 Å². The van der Waals surface area contributed by atoms with Crippen LogP contribution in [0.3, 0.4) is 0 Å². The summed E-state index contributed by atoms with van der Waals surface area (Å²) in [5, 5.41) is 6.83. The van der Waals surface area contributed by atoms with E-state index in [-0.39, 0.29) is 5.91 Å². The Hall–Kier alpha value is -1.69. The Labute approximate surface area is 143 Å². The van der Waals surface area contributed by atoms with Crippen molar-refractivity contribution < 1.29 is 4.79 Å². The summed E-state index contributed by atoms with van der Waals surface area (Å²) in [5.74, 6) is 0.830. The van der Waals surface area contributed by atoms with Crippen molar-refractivity contribution in [1.82, 2.24) is 20.1 Å². The summed E-state index contributed by atoms with van der Waals surface area (Å²) in [7, 11) is 3.94. The Morgan fingerprint density at radius 1 is 1.39 bits per heavy atom. The summed E-state index contributed by atoms with van der Waals surface area (Å²) in [6, 6.07) is 1.94. The molecule has 0 unspecified atom stereocenters. The average Bonchev–Trinajstić information content (AvgIpc) is 2.81. The quantitative estimate of drug-likeness (QED) is 0.561. The Morgan fingerprint density at radius 2 is 2.13 bits per heavy atom. The zero-order valence-electron chi connectivity index (χ0n) is 14.5. The molecule has 0 fully saturated rings. The highest BCUT2D eigenvalue weighted by Gasteiger charge is 2.10. The molecule has 0 saturated carbocycles. The number of nitrogens with zero attached hydrogens (tertiary/aromatic N) is 3. The van der Waals surface area contributed by atoms with Crippen molar-refractivity contribution in [3.63, 3.8) is 0 Å². The van der Waals surface area contributed by atoms with E-state index in [2.05, 4.69) is 15.6 Å². The van der Waals surface area contributed by atoms with Gasteiger partial charge in [0.05, 0.1) is 18.1 Å². The predicted molar refractivity (Wildman–Crippen MR) is 95.8 cm³/mol. The smallest absolute Gasteiger partial charge is 0.221 e. The third-order valence-corrected chi connectivity index (χ3v) is 3.55. The highest BCUT2D eigenvalue weighted by Crippen LogP contribution is 2.14. The molecule has 1 heterocycles. The number of aromatic nitrogens is 1. The van der Waals surface area contributed by atoms with Gasteiger partial charge in [0.15, 0.2) is 5.96 Å². The van der Waals surface area contributed by atoms with Crippen LogP contribution in [-0.2, 0) is 18.4 Å². The van der Waals surface area contributed by atoms with Crippen molar-refractivity contribution >= 4 is 23.5 Å². The topological polar surface area (TPSA) is 61.7 Å². The molecule has 0 aromatic carbocycles. The van der Waals surface area contributed by atoms with Crippen molar-refractivity contribution in [1.29, 1.82) is 0 Å². The van der Waals surface area contributed by atoms with Gasteiger partial charge in [0.1, 0.15) is 0 Å². The number of aliphatic imine (C=N–C) groups is 1. The highest BCUT2D eigenvalue weighted by atomic mass is 35.5. The fourth-order valence-electron chi connectivity index (χ4n) is 2.13. The monoisotopic (exact) mass is 341 g/mol. The molecule has 1 rings (SSSR count). The fraction of sp³-hybridized carbons (Fsp3) is 0.625. The van der Waals surface area contributed by atoms with E-state index >= 15 is 0 Å². The van der Waals surface area contributed by atoms with E-state index < -0.39 is 0 Å². The van der Waals surface area contributed by atoms with E-state index in [0.29, 0.717) is 19.5 Å². The lowest BCUT2D eigenvalue weighted by Gasteiger charge is -2.22. The maximum Gasteiger partial charge on any atom is 0.221 e. The first kappa shape index (κ1) is 19.4. The van der Waals surface area contributed by atoms with E-state index in [1.54, 1.807) is 0 Å².